The summed E-state index contributed by atoms with van der Waals surface area (Å²) in [6, 6.07) is 6.28. The molecule has 0 aliphatic heterocycles. The first-order valence-electron chi connectivity index (χ1n) is 6.54. The van der Waals surface area contributed by atoms with Crippen LogP contribution in [0.2, 0.25) is 0 Å². The van der Waals surface area contributed by atoms with Gasteiger partial charge >= 0.3 is 0 Å². The van der Waals surface area contributed by atoms with E-state index in [9.17, 15) is 0 Å². The maximum atomic E-state index is 5.41. The Kier molecular flexibility index (Phi) is 4.22. The number of methoxy groups -OCH3 is 1. The molecule has 0 saturated heterocycles. The number of hydrogen-bond donors (Lipinski definition) is 1. The zero-order valence-electron chi connectivity index (χ0n) is 12.0. The third-order valence-corrected chi connectivity index (χ3v) is 3.39. The summed E-state index contributed by atoms with van der Waals surface area (Å²) < 4.78 is 7.30. The van der Waals surface area contributed by atoms with Crippen LogP contribution in [0.1, 0.15) is 18.2 Å². The van der Waals surface area contributed by atoms with Gasteiger partial charge in [-0.1, -0.05) is 13.0 Å². The van der Waals surface area contributed by atoms with Gasteiger partial charge in [0.05, 0.1) is 13.3 Å². The van der Waals surface area contributed by atoms with Gasteiger partial charge in [0.25, 0.3) is 0 Å². The predicted molar refractivity (Wildman–Crippen MR) is 77.3 cm³/mol. The highest BCUT2D eigenvalue weighted by atomic mass is 16.5. The number of aryl methyl sites for hydroxylation is 1. The van der Waals surface area contributed by atoms with Crippen LogP contribution in [-0.4, -0.2) is 23.4 Å². The molecule has 0 aliphatic rings. The Morgan fingerprint density at radius 1 is 1.37 bits per heavy atom. The van der Waals surface area contributed by atoms with Crippen LogP contribution >= 0.6 is 0 Å². The smallest absolute Gasteiger partial charge is 0.123 e. The van der Waals surface area contributed by atoms with E-state index in [2.05, 4.69) is 36.4 Å². The average molecular weight is 259 g/mol. The normalized spacial score (nSPS) is 10.7. The Labute approximate surface area is 114 Å². The van der Waals surface area contributed by atoms with Crippen LogP contribution in [0.15, 0.2) is 24.4 Å². The molecule has 19 heavy (non-hydrogen) atoms. The molecule has 0 fully saturated rings. The average Bonchev–Trinajstić information content (AvgIpc) is 2.76. The second-order valence-electron chi connectivity index (χ2n) is 4.57. The highest BCUT2D eigenvalue weighted by Gasteiger charge is 2.09. The lowest BCUT2D eigenvalue weighted by Crippen LogP contribution is -2.12. The summed E-state index contributed by atoms with van der Waals surface area (Å²) in [6.45, 7) is 5.93. The van der Waals surface area contributed by atoms with Gasteiger partial charge in [-0.05, 0) is 31.2 Å². The number of rotatable bonds is 5. The minimum absolute atomic E-state index is 0.812. The van der Waals surface area contributed by atoms with Crippen molar-refractivity contribution in [1.29, 1.82) is 0 Å². The van der Waals surface area contributed by atoms with Crippen molar-refractivity contribution >= 4 is 0 Å². The maximum absolute atomic E-state index is 5.41. The molecule has 2 rings (SSSR count). The van der Waals surface area contributed by atoms with Crippen LogP contribution in [0.3, 0.4) is 0 Å². The van der Waals surface area contributed by atoms with Crippen molar-refractivity contribution < 1.29 is 4.74 Å². The molecule has 0 radical (unpaired) electrons. The Balaban J connectivity index is 2.39. The molecule has 4 heteroatoms. The van der Waals surface area contributed by atoms with Crippen molar-refractivity contribution in [3.05, 3.63) is 35.7 Å². The predicted octanol–water partition coefficient (Wildman–Crippen LogP) is 2.51. The largest absolute Gasteiger partial charge is 0.496 e. The summed E-state index contributed by atoms with van der Waals surface area (Å²) in [4.78, 5) is 0. The fraction of sp³-hybridized carbons (Fsp3) is 0.400. The molecule has 4 nitrogen and oxygen atoms in total. The van der Waals surface area contributed by atoms with Gasteiger partial charge in [-0.15, -0.1) is 0 Å². The molecular formula is C15H21N3O. The highest BCUT2D eigenvalue weighted by molar-refractivity contribution is 5.67. The summed E-state index contributed by atoms with van der Waals surface area (Å²) in [5.41, 5.74) is 4.69. The van der Waals surface area contributed by atoms with Crippen LogP contribution < -0.4 is 10.1 Å². The van der Waals surface area contributed by atoms with Crippen LogP contribution in [0.5, 0.6) is 5.75 Å². The molecule has 0 amide bonds. The third-order valence-electron chi connectivity index (χ3n) is 3.39. The van der Waals surface area contributed by atoms with E-state index < -0.39 is 0 Å². The van der Waals surface area contributed by atoms with Gasteiger partial charge in [-0.3, -0.25) is 4.68 Å². The molecule has 102 valence electrons. The number of aromatic nitrogens is 2. The summed E-state index contributed by atoms with van der Waals surface area (Å²) in [6.07, 6.45) is 1.91. The first kappa shape index (κ1) is 13.6. The van der Waals surface area contributed by atoms with E-state index in [4.69, 9.17) is 4.74 Å². The summed E-state index contributed by atoms with van der Waals surface area (Å²) >= 11 is 0. The highest BCUT2D eigenvalue weighted by Crippen LogP contribution is 2.28. The molecule has 0 bridgehead atoms. The Morgan fingerprint density at radius 3 is 2.74 bits per heavy atom. The maximum Gasteiger partial charge on any atom is 0.123 e. The minimum atomic E-state index is 0.812. The van der Waals surface area contributed by atoms with Crippen molar-refractivity contribution in [2.45, 2.75) is 20.4 Å². The number of benzene rings is 1. The fourth-order valence-corrected chi connectivity index (χ4v) is 2.13. The van der Waals surface area contributed by atoms with Gasteiger partial charge in [-0.2, -0.15) is 5.10 Å². The van der Waals surface area contributed by atoms with Gasteiger partial charge in [0.2, 0.25) is 0 Å². The molecule has 0 aliphatic carbocycles. The second kappa shape index (κ2) is 5.89. The second-order valence-corrected chi connectivity index (χ2v) is 4.57. The first-order valence-corrected chi connectivity index (χ1v) is 6.54. The topological polar surface area (TPSA) is 39.1 Å². The molecule has 0 unspecified atom stereocenters. The van der Waals surface area contributed by atoms with Crippen LogP contribution in [0.25, 0.3) is 11.1 Å². The molecule has 1 aromatic carbocycles. The van der Waals surface area contributed by atoms with Crippen LogP contribution in [-0.2, 0) is 13.6 Å². The van der Waals surface area contributed by atoms with Gasteiger partial charge in [0.15, 0.2) is 0 Å². The third kappa shape index (κ3) is 2.79. The molecule has 0 spiro atoms. The lowest BCUT2D eigenvalue weighted by atomic mass is 10.0. The van der Waals surface area contributed by atoms with E-state index in [-0.39, 0.29) is 0 Å². The van der Waals surface area contributed by atoms with Gasteiger partial charge < -0.3 is 10.1 Å². The van der Waals surface area contributed by atoms with E-state index in [1.54, 1.807) is 7.11 Å². The zero-order chi connectivity index (χ0) is 13.8. The fourth-order valence-electron chi connectivity index (χ4n) is 2.13. The van der Waals surface area contributed by atoms with E-state index in [0.717, 1.165) is 18.8 Å². The molecule has 0 atom stereocenters. The van der Waals surface area contributed by atoms with Crippen molar-refractivity contribution in [2.24, 2.45) is 7.05 Å². The van der Waals surface area contributed by atoms with E-state index in [1.165, 1.54) is 22.4 Å². The van der Waals surface area contributed by atoms with Crippen LogP contribution in [0.4, 0.5) is 0 Å². The van der Waals surface area contributed by atoms with Crippen molar-refractivity contribution in [3.63, 3.8) is 0 Å². The van der Waals surface area contributed by atoms with E-state index in [1.807, 2.05) is 24.0 Å². The zero-order valence-corrected chi connectivity index (χ0v) is 12.0. The van der Waals surface area contributed by atoms with Crippen LogP contribution in [0, 0.1) is 6.92 Å². The summed E-state index contributed by atoms with van der Waals surface area (Å²) in [7, 11) is 3.67. The summed E-state index contributed by atoms with van der Waals surface area (Å²) in [5, 5.41) is 7.63. The Morgan fingerprint density at radius 2 is 2.16 bits per heavy atom. The van der Waals surface area contributed by atoms with E-state index >= 15 is 0 Å². The number of nitrogens with one attached hydrogen (secondary N) is 1. The molecule has 0 saturated carbocycles. The van der Waals surface area contributed by atoms with E-state index in [0.29, 0.717) is 0 Å². The number of ether oxygens (including phenoxy) is 1. The van der Waals surface area contributed by atoms with Gasteiger partial charge in [0.1, 0.15) is 5.75 Å². The van der Waals surface area contributed by atoms with Gasteiger partial charge in [0, 0.05) is 30.4 Å². The monoisotopic (exact) mass is 259 g/mol. The Bertz CT molecular complexity index is 561. The Hall–Kier alpha value is -1.81. The molecule has 1 heterocycles. The standard InChI is InChI=1S/C15H21N3O/c1-5-16-9-13-8-12(6-7-15(13)19-4)14-10-17-18(3)11(14)2/h6-8,10,16H,5,9H2,1-4H3. The van der Waals surface area contributed by atoms with Gasteiger partial charge in [-0.25, -0.2) is 0 Å². The SMILES string of the molecule is CCNCc1cc(-c2cnn(C)c2C)ccc1OC. The number of hydrogen-bond acceptors (Lipinski definition) is 3. The lowest BCUT2D eigenvalue weighted by Gasteiger charge is -2.11. The quantitative estimate of drug-likeness (QED) is 0.896. The molecular weight excluding hydrogens is 238 g/mol. The lowest BCUT2D eigenvalue weighted by molar-refractivity contribution is 0.408. The molecule has 1 N–H and O–H groups in total. The van der Waals surface area contributed by atoms with Crippen molar-refractivity contribution in [3.8, 4) is 16.9 Å². The van der Waals surface area contributed by atoms with Crippen molar-refractivity contribution in [1.82, 2.24) is 15.1 Å². The van der Waals surface area contributed by atoms with Crippen molar-refractivity contribution in [2.75, 3.05) is 13.7 Å². The molecule has 2 aromatic rings. The summed E-state index contributed by atoms with van der Waals surface area (Å²) in [5.74, 6) is 0.922. The number of nitrogens with zero attached hydrogens (tertiary/aromatic N) is 2. The minimum Gasteiger partial charge on any atom is -0.496 e. The molecule has 1 aromatic heterocycles. The first-order chi connectivity index (χ1) is 9.17.